The Hall–Kier alpha value is -5.87. The highest BCUT2D eigenvalue weighted by atomic mass is 15.3. The first-order valence-corrected chi connectivity index (χ1v) is 14.9. The second-order valence-corrected chi connectivity index (χ2v) is 11.3. The number of benzene rings is 6. The van der Waals surface area contributed by atoms with Crippen LogP contribution >= 0.6 is 0 Å². The van der Waals surface area contributed by atoms with Crippen molar-refractivity contribution in [3.05, 3.63) is 168 Å². The maximum atomic E-state index is 5.17. The smallest absolute Gasteiger partial charge is 0.168 e. The fourth-order valence-electron chi connectivity index (χ4n) is 6.75. The van der Waals surface area contributed by atoms with E-state index in [1.165, 1.54) is 33.4 Å². The van der Waals surface area contributed by atoms with Gasteiger partial charge in [0.05, 0.1) is 17.3 Å². The van der Waals surface area contributed by atoms with E-state index < -0.39 is 0 Å². The van der Waals surface area contributed by atoms with E-state index in [4.69, 9.17) is 4.99 Å². The molecule has 0 amide bonds. The van der Waals surface area contributed by atoms with Gasteiger partial charge in [-0.2, -0.15) is 0 Å². The summed E-state index contributed by atoms with van der Waals surface area (Å²) in [4.78, 5) is 5.17. The predicted octanol–water partition coefficient (Wildman–Crippen LogP) is 9.51. The van der Waals surface area contributed by atoms with E-state index in [1.54, 1.807) is 0 Å². The van der Waals surface area contributed by atoms with E-state index in [0.717, 1.165) is 45.4 Å². The first kappa shape index (κ1) is 24.7. The molecule has 0 bridgehead atoms. The van der Waals surface area contributed by atoms with Crippen molar-refractivity contribution in [3.8, 4) is 50.7 Å². The highest BCUT2D eigenvalue weighted by Gasteiger charge is 2.36. The number of fused-ring (bicyclic) bond motifs is 8. The van der Waals surface area contributed by atoms with Crippen LogP contribution in [0.5, 0.6) is 0 Å². The fourth-order valence-corrected chi connectivity index (χ4v) is 6.75. The van der Waals surface area contributed by atoms with Crippen molar-refractivity contribution in [2.45, 2.75) is 5.92 Å². The van der Waals surface area contributed by atoms with Crippen LogP contribution in [-0.4, -0.2) is 20.5 Å². The molecule has 2 heterocycles. The molecule has 6 aromatic carbocycles. The maximum Gasteiger partial charge on any atom is 0.168 e. The molecule has 0 spiro atoms. The quantitative estimate of drug-likeness (QED) is 0.214. The van der Waals surface area contributed by atoms with Crippen molar-refractivity contribution < 1.29 is 0 Å². The number of aromatic nitrogens is 3. The monoisotopic (exact) mass is 562 g/mol. The van der Waals surface area contributed by atoms with Gasteiger partial charge in [-0.3, -0.25) is 9.56 Å². The van der Waals surface area contributed by atoms with Crippen LogP contribution in [0.4, 0.5) is 5.69 Å². The van der Waals surface area contributed by atoms with Crippen molar-refractivity contribution in [1.29, 1.82) is 0 Å². The zero-order valence-electron chi connectivity index (χ0n) is 23.8. The van der Waals surface area contributed by atoms with Gasteiger partial charge in [0.15, 0.2) is 11.6 Å². The molecule has 4 nitrogen and oxygen atoms in total. The van der Waals surface area contributed by atoms with Crippen LogP contribution < -0.4 is 0 Å². The molecule has 0 radical (unpaired) electrons. The molecule has 1 atom stereocenters. The molecular weight excluding hydrogens is 536 g/mol. The molecule has 0 fully saturated rings. The highest BCUT2D eigenvalue weighted by Crippen LogP contribution is 2.50. The van der Waals surface area contributed by atoms with E-state index in [9.17, 15) is 0 Å². The average Bonchev–Trinajstić information content (AvgIpc) is 3.72. The van der Waals surface area contributed by atoms with Crippen molar-refractivity contribution >= 4 is 11.4 Å². The lowest BCUT2D eigenvalue weighted by Gasteiger charge is -2.27. The number of aliphatic imine (C=N–C) groups is 1. The Balaban J connectivity index is 1.13. The summed E-state index contributed by atoms with van der Waals surface area (Å²) in [5.74, 6) is 1.79. The van der Waals surface area contributed by atoms with Crippen LogP contribution in [0, 0.1) is 0 Å². The first-order valence-electron chi connectivity index (χ1n) is 14.9. The van der Waals surface area contributed by atoms with Crippen LogP contribution in [0.25, 0.3) is 50.7 Å². The van der Waals surface area contributed by atoms with Gasteiger partial charge < -0.3 is 0 Å². The minimum absolute atomic E-state index is 0.163. The third-order valence-corrected chi connectivity index (χ3v) is 8.81. The van der Waals surface area contributed by atoms with Crippen molar-refractivity contribution in [2.24, 2.45) is 4.99 Å². The van der Waals surface area contributed by atoms with E-state index in [1.807, 2.05) is 36.4 Å². The Labute approximate surface area is 255 Å². The number of hydrogen-bond acceptors (Lipinski definition) is 3. The lowest BCUT2D eigenvalue weighted by Crippen LogP contribution is -2.18. The summed E-state index contributed by atoms with van der Waals surface area (Å²) >= 11 is 0. The maximum absolute atomic E-state index is 5.17. The topological polar surface area (TPSA) is 43.1 Å². The summed E-state index contributed by atoms with van der Waals surface area (Å²) in [6, 6.07) is 53.3. The minimum Gasteiger partial charge on any atom is -0.275 e. The van der Waals surface area contributed by atoms with Gasteiger partial charge in [0.2, 0.25) is 0 Å². The molecular formula is C40H26N4. The van der Waals surface area contributed by atoms with E-state index in [-0.39, 0.29) is 5.92 Å². The third kappa shape index (κ3) is 3.81. The lowest BCUT2D eigenvalue weighted by molar-refractivity contribution is 1.07. The number of hydrogen-bond donors (Lipinski definition) is 0. The molecule has 7 aromatic rings. The second kappa shape index (κ2) is 9.85. The largest absolute Gasteiger partial charge is 0.275 e. The summed E-state index contributed by atoms with van der Waals surface area (Å²) in [7, 11) is 0. The summed E-state index contributed by atoms with van der Waals surface area (Å²) in [5, 5.41) is 9.31. The molecule has 1 unspecified atom stereocenters. The molecule has 206 valence electrons. The average molecular weight is 563 g/mol. The highest BCUT2D eigenvalue weighted by molar-refractivity contribution is 6.18. The lowest BCUT2D eigenvalue weighted by atomic mass is 9.75. The zero-order valence-corrected chi connectivity index (χ0v) is 23.8. The van der Waals surface area contributed by atoms with Gasteiger partial charge >= 0.3 is 0 Å². The Morgan fingerprint density at radius 2 is 1.02 bits per heavy atom. The number of para-hydroxylation sites is 2. The molecule has 44 heavy (non-hydrogen) atoms. The van der Waals surface area contributed by atoms with E-state index in [2.05, 4.69) is 130 Å². The Kier molecular flexibility index (Phi) is 5.53. The van der Waals surface area contributed by atoms with Gasteiger partial charge in [-0.1, -0.05) is 127 Å². The molecule has 1 aliphatic carbocycles. The van der Waals surface area contributed by atoms with Crippen LogP contribution in [0.2, 0.25) is 0 Å². The second-order valence-electron chi connectivity index (χ2n) is 11.3. The van der Waals surface area contributed by atoms with Crippen LogP contribution in [0.3, 0.4) is 0 Å². The Morgan fingerprint density at radius 3 is 1.80 bits per heavy atom. The van der Waals surface area contributed by atoms with Crippen molar-refractivity contribution in [3.63, 3.8) is 0 Å². The Bertz CT molecular complexity index is 2210. The van der Waals surface area contributed by atoms with Crippen LogP contribution in [-0.2, 0) is 0 Å². The molecule has 1 aliphatic heterocycles. The van der Waals surface area contributed by atoms with Gasteiger partial charge in [0, 0.05) is 22.4 Å². The van der Waals surface area contributed by atoms with Crippen molar-refractivity contribution in [2.75, 3.05) is 0 Å². The van der Waals surface area contributed by atoms with Gasteiger partial charge in [-0.05, 0) is 57.6 Å². The summed E-state index contributed by atoms with van der Waals surface area (Å²) in [6.07, 6.45) is 0. The molecule has 0 N–H and O–H groups in total. The summed E-state index contributed by atoms with van der Waals surface area (Å²) in [6.45, 7) is 0. The van der Waals surface area contributed by atoms with Crippen molar-refractivity contribution in [1.82, 2.24) is 14.8 Å². The standard InChI is InChI=1S/C40H26N4/c1-3-11-27(12-4-1)39-42-43-40(44(39)30-13-5-2-6-14-30)28-21-19-26(20-22-28)29-23-24-32-31-15-7-8-16-33(31)37-34-17-9-10-18-36(34)41-38(37)35(32)25-29/h1-25,37H. The van der Waals surface area contributed by atoms with Crippen LogP contribution in [0.1, 0.15) is 22.6 Å². The fraction of sp³-hybridized carbons (Fsp3) is 0.0250. The van der Waals surface area contributed by atoms with E-state index in [0.29, 0.717) is 0 Å². The van der Waals surface area contributed by atoms with E-state index >= 15 is 0 Å². The van der Waals surface area contributed by atoms with Crippen LogP contribution in [0.15, 0.2) is 157 Å². The van der Waals surface area contributed by atoms with Gasteiger partial charge in [-0.15, -0.1) is 10.2 Å². The first-order chi connectivity index (χ1) is 21.8. The third-order valence-electron chi connectivity index (χ3n) is 8.81. The SMILES string of the molecule is c1ccc(-c2nnc(-c3ccc(-c4ccc5c(c4)C4=Nc6ccccc6C4c4ccccc4-5)cc3)n2-c2ccccc2)cc1. The molecule has 0 saturated heterocycles. The predicted molar refractivity (Wildman–Crippen MR) is 178 cm³/mol. The number of rotatable bonds is 4. The summed E-state index contributed by atoms with van der Waals surface area (Å²) in [5.41, 5.74) is 14.0. The van der Waals surface area contributed by atoms with Gasteiger partial charge in [0.25, 0.3) is 0 Å². The number of nitrogens with zero attached hydrogens (tertiary/aromatic N) is 4. The normalized spacial score (nSPS) is 14.3. The molecule has 9 rings (SSSR count). The molecule has 4 heteroatoms. The molecule has 2 aliphatic rings. The minimum atomic E-state index is 0.163. The molecule has 1 aromatic heterocycles. The Morgan fingerprint density at radius 1 is 0.432 bits per heavy atom. The summed E-state index contributed by atoms with van der Waals surface area (Å²) < 4.78 is 2.14. The van der Waals surface area contributed by atoms with Gasteiger partial charge in [0.1, 0.15) is 0 Å². The van der Waals surface area contributed by atoms with Gasteiger partial charge in [-0.25, -0.2) is 0 Å². The molecule has 0 saturated carbocycles. The zero-order chi connectivity index (χ0) is 29.0.